The van der Waals surface area contributed by atoms with Crippen molar-refractivity contribution in [3.05, 3.63) is 29.8 Å². The maximum absolute atomic E-state index is 10.5. The SMILES string of the molecule is N=C(C(=O)O)[CH]([Na])c1ccc(O)cc1. The van der Waals surface area contributed by atoms with Crippen molar-refractivity contribution in [2.24, 2.45) is 0 Å². The zero-order valence-electron chi connectivity index (χ0n) is 7.69. The van der Waals surface area contributed by atoms with Gasteiger partial charge in [0.15, 0.2) is 0 Å². The molecular weight excluding hydrogens is 193 g/mol. The molecular formula is C9H8NNaO3. The van der Waals surface area contributed by atoms with Crippen LogP contribution in [0.25, 0.3) is 0 Å². The van der Waals surface area contributed by atoms with Crippen molar-refractivity contribution in [2.45, 2.75) is 3.17 Å². The van der Waals surface area contributed by atoms with E-state index in [2.05, 4.69) is 0 Å². The molecule has 1 unspecified atom stereocenters. The molecule has 68 valence electrons. The third-order valence-corrected chi connectivity index (χ3v) is 3.30. The number of carbonyl (C=O) groups is 1. The number of benzene rings is 1. The van der Waals surface area contributed by atoms with E-state index in [1.807, 2.05) is 0 Å². The molecule has 1 atom stereocenters. The fraction of sp³-hybridized carbons (Fsp3) is 0.111. The van der Waals surface area contributed by atoms with E-state index in [0.717, 1.165) is 5.56 Å². The van der Waals surface area contributed by atoms with Crippen LogP contribution in [0.3, 0.4) is 0 Å². The van der Waals surface area contributed by atoms with Gasteiger partial charge < -0.3 is 0 Å². The number of rotatable bonds is 3. The number of phenolic OH excluding ortho intramolecular Hbond substituents is 1. The average molecular weight is 201 g/mol. The van der Waals surface area contributed by atoms with Gasteiger partial charge in [0.05, 0.1) is 0 Å². The maximum atomic E-state index is 10.5. The number of hydrogen-bond donors (Lipinski definition) is 3. The summed E-state index contributed by atoms with van der Waals surface area (Å²) >= 11 is 0.569. The van der Waals surface area contributed by atoms with Crippen molar-refractivity contribution >= 4 is 39.6 Å². The summed E-state index contributed by atoms with van der Waals surface area (Å²) in [6.45, 7) is 0. The van der Waals surface area contributed by atoms with Gasteiger partial charge >= 0.3 is 98.8 Å². The molecule has 0 fully saturated rings. The van der Waals surface area contributed by atoms with Gasteiger partial charge in [0, 0.05) is 0 Å². The number of phenols is 1. The van der Waals surface area contributed by atoms with Gasteiger partial charge in [-0.2, -0.15) is 0 Å². The predicted molar refractivity (Wildman–Crippen MR) is 52.0 cm³/mol. The quantitative estimate of drug-likeness (QED) is 0.497. The van der Waals surface area contributed by atoms with E-state index in [0.29, 0.717) is 27.9 Å². The topological polar surface area (TPSA) is 81.4 Å². The first-order valence-electron chi connectivity index (χ1n) is 4.13. The zero-order valence-corrected chi connectivity index (χ0v) is 9.69. The molecule has 4 nitrogen and oxygen atoms in total. The molecule has 0 radical (unpaired) electrons. The molecule has 0 aliphatic heterocycles. The molecule has 0 heterocycles. The van der Waals surface area contributed by atoms with Crippen LogP contribution in [-0.2, 0) is 4.79 Å². The predicted octanol–water partition coefficient (Wildman–Crippen LogP) is 0.706. The van der Waals surface area contributed by atoms with Gasteiger partial charge in [-0.25, -0.2) is 0 Å². The summed E-state index contributed by atoms with van der Waals surface area (Å²) in [4.78, 5) is 10.5. The first-order valence-corrected chi connectivity index (χ1v) is 5.28. The summed E-state index contributed by atoms with van der Waals surface area (Å²) in [5, 5.41) is 25.0. The molecule has 1 rings (SSSR count). The van der Waals surface area contributed by atoms with Crippen LogP contribution in [0.15, 0.2) is 24.3 Å². The standard InChI is InChI=1S/C9H8NO3.Na/c10-8(9(12)13)5-6-1-3-7(11)4-2-6;/h1-5,10-11H,(H,12,13);. The Kier molecular flexibility index (Phi) is 3.69. The molecule has 0 saturated carbocycles. The second-order valence-corrected chi connectivity index (χ2v) is 4.19. The van der Waals surface area contributed by atoms with E-state index in [4.69, 9.17) is 15.6 Å². The van der Waals surface area contributed by atoms with Crippen LogP contribution in [0.5, 0.6) is 5.75 Å². The Labute approximate surface area is 98.5 Å². The summed E-state index contributed by atoms with van der Waals surface area (Å²) in [7, 11) is 0. The van der Waals surface area contributed by atoms with Gasteiger partial charge in [0.25, 0.3) is 0 Å². The van der Waals surface area contributed by atoms with Gasteiger partial charge in [-0.05, 0) is 0 Å². The number of carboxylic acid groups (broad SMARTS) is 1. The Morgan fingerprint density at radius 1 is 1.36 bits per heavy atom. The van der Waals surface area contributed by atoms with Crippen LogP contribution >= 0.6 is 0 Å². The number of hydrogen-bond acceptors (Lipinski definition) is 3. The number of aromatic hydroxyl groups is 1. The Morgan fingerprint density at radius 2 is 1.86 bits per heavy atom. The normalized spacial score (nSPS) is 12.1. The van der Waals surface area contributed by atoms with Gasteiger partial charge in [0.1, 0.15) is 0 Å². The molecule has 1 aromatic carbocycles. The van der Waals surface area contributed by atoms with E-state index in [1.165, 1.54) is 12.1 Å². The second-order valence-electron chi connectivity index (χ2n) is 3.03. The summed E-state index contributed by atoms with van der Waals surface area (Å²) < 4.78 is -0.326. The average Bonchev–Trinajstić information content (AvgIpc) is 2.16. The molecule has 0 aliphatic rings. The van der Waals surface area contributed by atoms with Crippen LogP contribution in [0.1, 0.15) is 8.73 Å². The monoisotopic (exact) mass is 201 g/mol. The van der Waals surface area contributed by atoms with Gasteiger partial charge in [-0.15, -0.1) is 0 Å². The minimum absolute atomic E-state index is 0.143. The van der Waals surface area contributed by atoms with Crippen LogP contribution in [0.2, 0.25) is 0 Å². The number of aliphatic carboxylic acids is 1. The molecule has 0 bridgehead atoms. The molecule has 0 amide bonds. The van der Waals surface area contributed by atoms with Crippen molar-refractivity contribution in [1.82, 2.24) is 0 Å². The molecule has 0 aromatic heterocycles. The summed E-state index contributed by atoms with van der Waals surface area (Å²) in [5.41, 5.74) is 0.476. The van der Waals surface area contributed by atoms with E-state index < -0.39 is 5.97 Å². The summed E-state index contributed by atoms with van der Waals surface area (Å²) in [6.07, 6.45) is 0. The zero-order chi connectivity index (χ0) is 10.7. The van der Waals surface area contributed by atoms with Crippen molar-refractivity contribution in [2.75, 3.05) is 0 Å². The van der Waals surface area contributed by atoms with E-state index in [1.54, 1.807) is 12.1 Å². The van der Waals surface area contributed by atoms with Gasteiger partial charge in [0.2, 0.25) is 0 Å². The summed E-state index contributed by atoms with van der Waals surface area (Å²) in [6, 6.07) is 6.28. The first kappa shape index (κ1) is 11.2. The fourth-order valence-electron chi connectivity index (χ4n) is 1.11. The molecule has 1 aromatic rings. The first-order chi connectivity index (χ1) is 6.52. The molecule has 3 N–H and O–H groups in total. The van der Waals surface area contributed by atoms with Gasteiger partial charge in [-0.1, -0.05) is 0 Å². The van der Waals surface area contributed by atoms with Crippen molar-refractivity contribution < 1.29 is 15.0 Å². The summed E-state index contributed by atoms with van der Waals surface area (Å²) in [5.74, 6) is -1.04. The van der Waals surface area contributed by atoms with Crippen LogP contribution in [0.4, 0.5) is 0 Å². The van der Waals surface area contributed by atoms with Crippen LogP contribution in [0, 0.1) is 5.41 Å². The van der Waals surface area contributed by atoms with Crippen LogP contribution < -0.4 is 0 Å². The second kappa shape index (κ2) is 4.59. The Morgan fingerprint density at radius 3 is 2.29 bits per heavy atom. The molecule has 14 heavy (non-hydrogen) atoms. The minimum atomic E-state index is -1.18. The molecule has 5 heteroatoms. The Balaban J connectivity index is 2.89. The van der Waals surface area contributed by atoms with Crippen molar-refractivity contribution in [3.8, 4) is 5.75 Å². The third-order valence-electron chi connectivity index (χ3n) is 2.06. The van der Waals surface area contributed by atoms with Crippen LogP contribution in [-0.4, -0.2) is 49.8 Å². The molecule has 0 spiro atoms. The molecule has 0 aliphatic carbocycles. The van der Waals surface area contributed by atoms with Crippen molar-refractivity contribution in [1.29, 1.82) is 5.41 Å². The Hall–Kier alpha value is -0.840. The number of carboxylic acids is 1. The molecule has 0 saturated heterocycles. The number of nitrogens with one attached hydrogen (secondary N) is 1. The fourth-order valence-corrected chi connectivity index (χ4v) is 1.75. The van der Waals surface area contributed by atoms with E-state index in [9.17, 15) is 4.79 Å². The third kappa shape index (κ3) is 2.57. The van der Waals surface area contributed by atoms with E-state index in [-0.39, 0.29) is 14.6 Å². The van der Waals surface area contributed by atoms with Crippen molar-refractivity contribution in [3.63, 3.8) is 0 Å². The van der Waals surface area contributed by atoms with Gasteiger partial charge in [-0.3, -0.25) is 0 Å². The Bertz CT molecular complexity index is 361. The van der Waals surface area contributed by atoms with E-state index >= 15 is 0 Å².